The number of hydrogen-bond donors (Lipinski definition) is 0. The molecule has 1 aromatic carbocycles. The van der Waals surface area contributed by atoms with Gasteiger partial charge in [-0.05, 0) is 24.6 Å². The normalized spacial score (nSPS) is 15.0. The van der Waals surface area contributed by atoms with Crippen molar-refractivity contribution < 1.29 is 14.3 Å². The minimum absolute atomic E-state index is 0.0266. The molecule has 6 heteroatoms. The van der Waals surface area contributed by atoms with Crippen molar-refractivity contribution in [1.82, 2.24) is 9.80 Å². The summed E-state index contributed by atoms with van der Waals surface area (Å²) in [5, 5.41) is 0.629. The summed E-state index contributed by atoms with van der Waals surface area (Å²) < 4.78 is 5.32. The van der Waals surface area contributed by atoms with Crippen LogP contribution in [0, 0.1) is 6.92 Å². The number of ether oxygens (including phenoxy) is 1. The fourth-order valence-electron chi connectivity index (χ4n) is 2.38. The smallest absolute Gasteiger partial charge is 0.227 e. The molecule has 2 rings (SSSR count). The number of carbonyl (C=O) groups excluding carboxylic acids is 2. The van der Waals surface area contributed by atoms with Gasteiger partial charge in [0.05, 0.1) is 13.5 Å². The highest BCUT2D eigenvalue weighted by atomic mass is 35.5. The summed E-state index contributed by atoms with van der Waals surface area (Å²) in [5.74, 6) is 0.704. The molecule has 0 aliphatic carbocycles. The quantitative estimate of drug-likeness (QED) is 0.792. The third-order valence-corrected chi connectivity index (χ3v) is 4.13. The fraction of sp³-hybridized carbons (Fsp3) is 0.467. The van der Waals surface area contributed by atoms with Crippen LogP contribution in [0.4, 0.5) is 0 Å². The summed E-state index contributed by atoms with van der Waals surface area (Å²) in [6.07, 6.45) is 1.08. The van der Waals surface area contributed by atoms with Crippen LogP contribution in [0.1, 0.15) is 11.1 Å². The van der Waals surface area contributed by atoms with E-state index in [0.717, 1.165) is 17.5 Å². The van der Waals surface area contributed by atoms with E-state index in [1.54, 1.807) is 23.0 Å². The number of aryl methyl sites for hydroxylation is 1. The first-order chi connectivity index (χ1) is 10.0. The van der Waals surface area contributed by atoms with Gasteiger partial charge in [0, 0.05) is 36.8 Å². The molecular weight excluding hydrogens is 292 g/mol. The molecule has 1 heterocycles. The lowest BCUT2D eigenvalue weighted by molar-refractivity contribution is -0.134. The first-order valence-electron chi connectivity index (χ1n) is 6.85. The molecule has 1 fully saturated rings. The van der Waals surface area contributed by atoms with Crippen molar-refractivity contribution in [2.75, 3.05) is 33.3 Å². The lowest BCUT2D eigenvalue weighted by Crippen LogP contribution is -2.48. The Morgan fingerprint density at radius 1 is 1.33 bits per heavy atom. The lowest BCUT2D eigenvalue weighted by Gasteiger charge is -2.32. The molecule has 1 saturated heterocycles. The average Bonchev–Trinajstić information content (AvgIpc) is 2.50. The van der Waals surface area contributed by atoms with Crippen LogP contribution in [0.15, 0.2) is 12.1 Å². The van der Waals surface area contributed by atoms with Gasteiger partial charge in [0.1, 0.15) is 5.75 Å². The monoisotopic (exact) mass is 310 g/mol. The molecule has 0 saturated carbocycles. The van der Waals surface area contributed by atoms with Crippen LogP contribution in [0.2, 0.25) is 5.02 Å². The summed E-state index contributed by atoms with van der Waals surface area (Å²) in [5.41, 5.74) is 1.71. The Kier molecular flexibility index (Phi) is 5.07. The van der Waals surface area contributed by atoms with Gasteiger partial charge in [-0.2, -0.15) is 0 Å². The van der Waals surface area contributed by atoms with Crippen LogP contribution in [0.25, 0.3) is 0 Å². The highest BCUT2D eigenvalue weighted by Gasteiger charge is 2.21. The second kappa shape index (κ2) is 6.80. The van der Waals surface area contributed by atoms with Crippen molar-refractivity contribution in [2.24, 2.45) is 0 Å². The van der Waals surface area contributed by atoms with Crippen LogP contribution < -0.4 is 4.74 Å². The standard InChI is InChI=1S/C15H19ClN2O3/c1-11-7-14(21-2)12(8-13(11)16)9-15(20)18-5-3-17(10-19)4-6-18/h7-8,10H,3-6,9H2,1-2H3. The second-order valence-electron chi connectivity index (χ2n) is 5.11. The van der Waals surface area contributed by atoms with Gasteiger partial charge in [0.25, 0.3) is 0 Å². The molecule has 1 aromatic rings. The van der Waals surface area contributed by atoms with E-state index in [9.17, 15) is 9.59 Å². The molecule has 114 valence electrons. The van der Waals surface area contributed by atoms with Gasteiger partial charge in [-0.1, -0.05) is 11.6 Å². The Balaban J connectivity index is 2.06. The zero-order valence-electron chi connectivity index (χ0n) is 12.3. The minimum Gasteiger partial charge on any atom is -0.496 e. The van der Waals surface area contributed by atoms with Gasteiger partial charge in [-0.25, -0.2) is 0 Å². The van der Waals surface area contributed by atoms with Crippen molar-refractivity contribution in [1.29, 1.82) is 0 Å². The number of hydrogen-bond acceptors (Lipinski definition) is 3. The molecule has 1 aliphatic heterocycles. The maximum absolute atomic E-state index is 12.3. The van der Waals surface area contributed by atoms with Gasteiger partial charge in [0.2, 0.25) is 12.3 Å². The van der Waals surface area contributed by atoms with Gasteiger partial charge in [-0.3, -0.25) is 9.59 Å². The molecule has 0 aromatic heterocycles. The van der Waals surface area contributed by atoms with Crippen LogP contribution >= 0.6 is 11.6 Å². The predicted molar refractivity (Wildman–Crippen MR) is 80.7 cm³/mol. The first kappa shape index (κ1) is 15.6. The number of carbonyl (C=O) groups is 2. The van der Waals surface area contributed by atoms with E-state index in [0.29, 0.717) is 37.0 Å². The van der Waals surface area contributed by atoms with Crippen LogP contribution in [-0.4, -0.2) is 55.4 Å². The molecule has 1 aliphatic rings. The third kappa shape index (κ3) is 3.67. The van der Waals surface area contributed by atoms with E-state index >= 15 is 0 Å². The molecule has 0 spiro atoms. The zero-order chi connectivity index (χ0) is 15.4. The number of piperazine rings is 1. The predicted octanol–water partition coefficient (Wildman–Crippen LogP) is 1.50. The Hall–Kier alpha value is -1.75. The van der Waals surface area contributed by atoms with Crippen LogP contribution in [-0.2, 0) is 16.0 Å². The Morgan fingerprint density at radius 2 is 2.00 bits per heavy atom. The molecule has 2 amide bonds. The molecule has 0 radical (unpaired) electrons. The van der Waals surface area contributed by atoms with Crippen molar-refractivity contribution in [3.05, 3.63) is 28.3 Å². The van der Waals surface area contributed by atoms with Crippen molar-refractivity contribution >= 4 is 23.9 Å². The van der Waals surface area contributed by atoms with Gasteiger partial charge >= 0.3 is 0 Å². The topological polar surface area (TPSA) is 49.9 Å². The number of benzene rings is 1. The Morgan fingerprint density at radius 3 is 2.57 bits per heavy atom. The van der Waals surface area contributed by atoms with E-state index < -0.39 is 0 Å². The summed E-state index contributed by atoms with van der Waals surface area (Å²) in [6.45, 7) is 4.20. The van der Waals surface area contributed by atoms with E-state index in [4.69, 9.17) is 16.3 Å². The average molecular weight is 311 g/mol. The van der Waals surface area contributed by atoms with Crippen molar-refractivity contribution in [2.45, 2.75) is 13.3 Å². The molecule has 5 nitrogen and oxygen atoms in total. The van der Waals surface area contributed by atoms with E-state index in [-0.39, 0.29) is 12.3 Å². The number of amides is 2. The largest absolute Gasteiger partial charge is 0.496 e. The minimum atomic E-state index is 0.0266. The number of methoxy groups -OCH3 is 1. The van der Waals surface area contributed by atoms with Gasteiger partial charge in [0.15, 0.2) is 0 Å². The summed E-state index contributed by atoms with van der Waals surface area (Å²) in [6, 6.07) is 3.63. The maximum Gasteiger partial charge on any atom is 0.227 e. The fourth-order valence-corrected chi connectivity index (χ4v) is 2.56. The van der Waals surface area contributed by atoms with E-state index in [1.165, 1.54) is 0 Å². The molecule has 0 N–H and O–H groups in total. The Bertz CT molecular complexity index is 540. The maximum atomic E-state index is 12.3. The molecule has 0 unspecified atom stereocenters. The SMILES string of the molecule is COc1cc(C)c(Cl)cc1CC(=O)N1CCN(C=O)CC1. The molecule has 0 bridgehead atoms. The second-order valence-corrected chi connectivity index (χ2v) is 5.52. The molecular formula is C15H19ClN2O3. The lowest BCUT2D eigenvalue weighted by atomic mass is 10.1. The summed E-state index contributed by atoms with van der Waals surface area (Å²) in [7, 11) is 1.58. The highest BCUT2D eigenvalue weighted by Crippen LogP contribution is 2.27. The number of nitrogens with zero attached hydrogens (tertiary/aromatic N) is 2. The molecule has 0 atom stereocenters. The van der Waals surface area contributed by atoms with Gasteiger partial charge in [-0.15, -0.1) is 0 Å². The number of halogens is 1. The Labute approximate surface area is 129 Å². The van der Waals surface area contributed by atoms with E-state index in [2.05, 4.69) is 0 Å². The molecule has 21 heavy (non-hydrogen) atoms. The van der Waals surface area contributed by atoms with Gasteiger partial charge < -0.3 is 14.5 Å². The summed E-state index contributed by atoms with van der Waals surface area (Å²) >= 11 is 6.12. The highest BCUT2D eigenvalue weighted by molar-refractivity contribution is 6.31. The van der Waals surface area contributed by atoms with Crippen LogP contribution in [0.3, 0.4) is 0 Å². The van der Waals surface area contributed by atoms with E-state index in [1.807, 2.05) is 13.0 Å². The zero-order valence-corrected chi connectivity index (χ0v) is 13.0. The first-order valence-corrected chi connectivity index (χ1v) is 7.23. The van der Waals surface area contributed by atoms with Crippen LogP contribution in [0.5, 0.6) is 5.75 Å². The summed E-state index contributed by atoms with van der Waals surface area (Å²) in [4.78, 5) is 26.5. The van der Waals surface area contributed by atoms with Crippen molar-refractivity contribution in [3.63, 3.8) is 0 Å². The third-order valence-electron chi connectivity index (χ3n) is 3.72. The number of rotatable bonds is 4. The van der Waals surface area contributed by atoms with Crippen molar-refractivity contribution in [3.8, 4) is 5.75 Å².